The van der Waals surface area contributed by atoms with Crippen LogP contribution in [0.5, 0.6) is 0 Å². The highest BCUT2D eigenvalue weighted by atomic mass is 32.1. The summed E-state index contributed by atoms with van der Waals surface area (Å²) in [6.45, 7) is 12.9. The molecule has 0 bridgehead atoms. The molecular weight excluding hydrogens is 475 g/mol. The molecule has 6 nitrogen and oxygen atoms in total. The number of likely N-dealkylation sites (tertiary alicyclic amines) is 1. The number of anilines is 2. The number of carbonyl (C=O) groups excluding carboxylic acids is 2. The van der Waals surface area contributed by atoms with Crippen molar-refractivity contribution in [3.05, 3.63) is 64.8 Å². The lowest BCUT2D eigenvalue weighted by atomic mass is 9.75. The number of nitrogens with zero attached hydrogens (tertiary/aromatic N) is 4. The van der Waals surface area contributed by atoms with Gasteiger partial charge in [-0.25, -0.2) is 9.24 Å². The Hall–Kier alpha value is -3.31. The highest BCUT2D eigenvalue weighted by Gasteiger charge is 2.59. The number of halogens is 1. The maximum Gasteiger partial charge on any atom is 0.259 e. The van der Waals surface area contributed by atoms with Crippen molar-refractivity contribution in [1.82, 2.24) is 4.90 Å². The van der Waals surface area contributed by atoms with Crippen LogP contribution in [0.1, 0.15) is 50.2 Å². The maximum absolute atomic E-state index is 15.2. The molecule has 1 spiro atoms. The second-order valence-corrected chi connectivity index (χ2v) is 10.6. The van der Waals surface area contributed by atoms with Gasteiger partial charge in [0.05, 0.1) is 6.57 Å². The van der Waals surface area contributed by atoms with Crippen LogP contribution in [0.2, 0.25) is 0 Å². The van der Waals surface area contributed by atoms with Crippen LogP contribution in [0.25, 0.3) is 4.85 Å². The van der Waals surface area contributed by atoms with Crippen molar-refractivity contribution in [2.75, 3.05) is 22.9 Å². The Balaban J connectivity index is 1.35. The van der Waals surface area contributed by atoms with Gasteiger partial charge in [-0.3, -0.25) is 14.5 Å². The lowest BCUT2D eigenvalue weighted by molar-refractivity contribution is -0.137. The fourth-order valence-corrected chi connectivity index (χ4v) is 5.95. The Kier molecular flexibility index (Phi) is 6.29. The van der Waals surface area contributed by atoms with Crippen molar-refractivity contribution in [1.29, 1.82) is 0 Å². The third-order valence-corrected chi connectivity index (χ3v) is 8.07. The first-order valence-electron chi connectivity index (χ1n) is 12.5. The van der Waals surface area contributed by atoms with Crippen molar-refractivity contribution in [3.63, 3.8) is 0 Å². The zero-order valence-corrected chi connectivity index (χ0v) is 21.4. The van der Waals surface area contributed by atoms with Crippen molar-refractivity contribution in [3.8, 4) is 0 Å². The molecule has 2 amide bonds. The number of hydrogen-bond donors (Lipinski definition) is 0. The average Bonchev–Trinajstić information content (AvgIpc) is 3.04. The van der Waals surface area contributed by atoms with E-state index in [1.807, 2.05) is 22.8 Å². The van der Waals surface area contributed by atoms with Crippen molar-refractivity contribution in [2.45, 2.75) is 57.9 Å². The molecule has 0 radical (unpaired) electrons. The summed E-state index contributed by atoms with van der Waals surface area (Å²) >= 11 is 5.79. The normalized spacial score (nSPS) is 18.9. The largest absolute Gasteiger partial charge is 0.342 e. The van der Waals surface area contributed by atoms with Gasteiger partial charge < -0.3 is 9.80 Å². The monoisotopic (exact) mass is 504 g/mol. The van der Waals surface area contributed by atoms with E-state index in [9.17, 15) is 9.59 Å². The summed E-state index contributed by atoms with van der Waals surface area (Å²) in [5.41, 5.74) is 2.27. The third kappa shape index (κ3) is 3.96. The summed E-state index contributed by atoms with van der Waals surface area (Å²) in [7, 11) is 0. The lowest BCUT2D eigenvalue weighted by Gasteiger charge is -2.43. The van der Waals surface area contributed by atoms with Gasteiger partial charge in [-0.2, -0.15) is 0 Å². The van der Waals surface area contributed by atoms with Gasteiger partial charge in [-0.1, -0.05) is 19.1 Å². The third-order valence-electron chi connectivity index (χ3n) is 7.70. The summed E-state index contributed by atoms with van der Waals surface area (Å²) in [6.07, 6.45) is 3.71. The molecule has 1 aliphatic carbocycles. The van der Waals surface area contributed by atoms with Crippen molar-refractivity contribution in [2.24, 2.45) is 5.92 Å². The van der Waals surface area contributed by atoms with Gasteiger partial charge in [-0.15, -0.1) is 0 Å². The van der Waals surface area contributed by atoms with E-state index in [1.54, 1.807) is 24.3 Å². The van der Waals surface area contributed by atoms with Crippen LogP contribution in [0, 0.1) is 25.2 Å². The molecule has 36 heavy (non-hydrogen) atoms. The molecule has 2 aromatic carbocycles. The molecule has 1 saturated carbocycles. The zero-order chi connectivity index (χ0) is 25.6. The molecule has 2 saturated heterocycles. The molecule has 2 heterocycles. The predicted octanol–water partition coefficient (Wildman–Crippen LogP) is 5.55. The Labute approximate surface area is 216 Å². The topological polar surface area (TPSA) is 48.2 Å². The Morgan fingerprint density at radius 2 is 1.92 bits per heavy atom. The number of hydrogen-bond acceptors (Lipinski definition) is 3. The van der Waals surface area contributed by atoms with E-state index in [0.29, 0.717) is 65.8 Å². The highest BCUT2D eigenvalue weighted by Crippen LogP contribution is 2.48. The van der Waals surface area contributed by atoms with Gasteiger partial charge in [-0.05, 0) is 92.6 Å². The molecule has 5 rings (SSSR count). The van der Waals surface area contributed by atoms with E-state index in [4.69, 9.17) is 18.8 Å². The lowest BCUT2D eigenvalue weighted by Crippen LogP contribution is -2.55. The molecule has 0 N–H and O–H groups in total. The number of benzene rings is 2. The van der Waals surface area contributed by atoms with Crippen LogP contribution < -0.4 is 9.80 Å². The fraction of sp³-hybridized carbons (Fsp3) is 0.429. The first kappa shape index (κ1) is 24.4. The molecule has 0 unspecified atom stereocenters. The second kappa shape index (κ2) is 9.29. The fourth-order valence-electron chi connectivity index (χ4n) is 5.48. The van der Waals surface area contributed by atoms with E-state index >= 15 is 4.39 Å². The smallest absolute Gasteiger partial charge is 0.259 e. The molecule has 2 aromatic rings. The summed E-state index contributed by atoms with van der Waals surface area (Å²) < 4.78 is 15.2. The van der Waals surface area contributed by atoms with Gasteiger partial charge >= 0.3 is 0 Å². The number of thiocarbonyl (C=S) groups is 1. The van der Waals surface area contributed by atoms with Crippen LogP contribution in [-0.2, 0) is 16.0 Å². The Bertz CT molecular complexity index is 1290. The van der Waals surface area contributed by atoms with Crippen molar-refractivity contribution < 1.29 is 14.0 Å². The summed E-state index contributed by atoms with van der Waals surface area (Å²) in [5, 5.41) is 0.330. The van der Waals surface area contributed by atoms with Crippen LogP contribution in [-0.4, -0.2) is 40.5 Å². The summed E-state index contributed by atoms with van der Waals surface area (Å²) in [4.78, 5) is 34.6. The van der Waals surface area contributed by atoms with E-state index in [-0.39, 0.29) is 17.6 Å². The first-order valence-corrected chi connectivity index (χ1v) is 12.9. The molecule has 2 aliphatic heterocycles. The standard InChI is InChI=1S/C28H29FN4O2S/c1-18-16-31(17-18)25(34)7-4-6-20-8-9-22(15-23(20)29)33-27(36)32(26(35)28(33)12-5-13-28)21-10-11-24(30-3)19(2)14-21/h8-11,14-15,18H,4-7,12-13,16-17H2,1-2H3. The first-order chi connectivity index (χ1) is 17.2. The van der Waals surface area contributed by atoms with Gasteiger partial charge in [0.2, 0.25) is 5.91 Å². The minimum Gasteiger partial charge on any atom is -0.342 e. The van der Waals surface area contributed by atoms with E-state index < -0.39 is 5.54 Å². The predicted molar refractivity (Wildman–Crippen MR) is 142 cm³/mol. The van der Waals surface area contributed by atoms with E-state index in [2.05, 4.69) is 11.8 Å². The van der Waals surface area contributed by atoms with Gasteiger partial charge in [0, 0.05) is 30.9 Å². The quantitative estimate of drug-likeness (QED) is 0.383. The molecule has 3 fully saturated rings. The average molecular weight is 505 g/mol. The minimum absolute atomic E-state index is 0.1000. The van der Waals surface area contributed by atoms with Crippen LogP contribution in [0.15, 0.2) is 36.4 Å². The molecular formula is C28H29FN4O2S. The summed E-state index contributed by atoms with van der Waals surface area (Å²) in [6, 6.07) is 10.3. The number of carbonyl (C=O) groups is 2. The molecule has 3 aliphatic rings. The second-order valence-electron chi connectivity index (χ2n) is 10.3. The highest BCUT2D eigenvalue weighted by molar-refractivity contribution is 7.81. The van der Waals surface area contributed by atoms with E-state index in [0.717, 1.165) is 25.1 Å². The number of amides is 2. The summed E-state index contributed by atoms with van der Waals surface area (Å²) in [5.74, 6) is 0.257. The Morgan fingerprint density at radius 1 is 1.19 bits per heavy atom. The van der Waals surface area contributed by atoms with Crippen LogP contribution >= 0.6 is 12.2 Å². The van der Waals surface area contributed by atoms with Crippen molar-refractivity contribution >= 4 is 46.2 Å². The van der Waals surface area contributed by atoms with Gasteiger partial charge in [0.1, 0.15) is 11.4 Å². The van der Waals surface area contributed by atoms with Gasteiger partial charge in [0.15, 0.2) is 10.8 Å². The molecule has 186 valence electrons. The maximum atomic E-state index is 15.2. The van der Waals surface area contributed by atoms with Crippen LogP contribution in [0.4, 0.5) is 21.5 Å². The SMILES string of the molecule is [C-]#[N+]c1ccc(N2C(=O)C3(CCC3)N(c3ccc(CCCC(=O)N4CC(C)C4)c(F)c3)C2=S)cc1C. The Morgan fingerprint density at radius 3 is 2.50 bits per heavy atom. The number of aryl methyl sites for hydroxylation is 2. The molecule has 0 atom stereocenters. The molecule has 8 heteroatoms. The zero-order valence-electron chi connectivity index (χ0n) is 20.6. The molecule has 0 aromatic heterocycles. The van der Waals surface area contributed by atoms with Crippen LogP contribution in [0.3, 0.4) is 0 Å². The van der Waals surface area contributed by atoms with Gasteiger partial charge in [0.25, 0.3) is 5.91 Å². The van der Waals surface area contributed by atoms with E-state index in [1.165, 1.54) is 11.0 Å². The minimum atomic E-state index is -0.793. The number of rotatable bonds is 6.